The number of nitrogens with zero attached hydrogens (tertiary/aromatic N) is 4. The summed E-state index contributed by atoms with van der Waals surface area (Å²) in [5, 5.41) is 4.05. The van der Waals surface area contributed by atoms with Crippen LogP contribution in [0.2, 0.25) is 0 Å². The van der Waals surface area contributed by atoms with Gasteiger partial charge >= 0.3 is 0 Å². The first-order chi connectivity index (χ1) is 6.81. The molecule has 2 aromatic rings. The van der Waals surface area contributed by atoms with E-state index in [1.165, 1.54) is 0 Å². The zero-order chi connectivity index (χ0) is 9.97. The summed E-state index contributed by atoms with van der Waals surface area (Å²) in [5.74, 6) is 5.61. The van der Waals surface area contributed by atoms with Crippen LogP contribution in [0.25, 0.3) is 11.4 Å². The number of hydrogen-bond donors (Lipinski definition) is 2. The second-order valence-corrected chi connectivity index (χ2v) is 2.75. The maximum Gasteiger partial charge on any atom is 0.237 e. The predicted molar refractivity (Wildman–Crippen MR) is 52.0 cm³/mol. The van der Waals surface area contributed by atoms with Crippen LogP contribution in [0, 0.1) is 0 Å². The van der Waals surface area contributed by atoms with Crippen molar-refractivity contribution < 1.29 is 0 Å². The third-order valence-electron chi connectivity index (χ3n) is 1.87. The van der Waals surface area contributed by atoms with E-state index in [4.69, 9.17) is 5.84 Å². The van der Waals surface area contributed by atoms with Crippen molar-refractivity contribution in [2.45, 2.75) is 0 Å². The molecule has 0 spiro atoms. The van der Waals surface area contributed by atoms with Gasteiger partial charge < -0.3 is 0 Å². The standard InChI is InChI=1S/C8H10N6/c1-14-7(3-5-11-14)6-2-4-10-8(12-6)13-9/h2-5H,9H2,1H3,(H,10,12,13). The minimum absolute atomic E-state index is 0.392. The van der Waals surface area contributed by atoms with E-state index in [9.17, 15) is 0 Å². The van der Waals surface area contributed by atoms with Crippen molar-refractivity contribution in [2.75, 3.05) is 5.43 Å². The second kappa shape index (κ2) is 3.43. The Labute approximate surface area is 80.8 Å². The molecule has 0 aliphatic carbocycles. The van der Waals surface area contributed by atoms with Gasteiger partial charge in [-0.3, -0.25) is 10.1 Å². The van der Waals surface area contributed by atoms with E-state index in [-0.39, 0.29) is 0 Å². The van der Waals surface area contributed by atoms with E-state index in [2.05, 4.69) is 20.5 Å². The van der Waals surface area contributed by atoms with Crippen LogP contribution in [0.1, 0.15) is 0 Å². The van der Waals surface area contributed by atoms with E-state index >= 15 is 0 Å². The Morgan fingerprint density at radius 1 is 1.36 bits per heavy atom. The first-order valence-electron chi connectivity index (χ1n) is 4.09. The number of hydrazine groups is 1. The number of hydrogen-bond acceptors (Lipinski definition) is 5. The Morgan fingerprint density at radius 2 is 2.21 bits per heavy atom. The topological polar surface area (TPSA) is 81.7 Å². The molecule has 2 rings (SSSR count). The summed E-state index contributed by atoms with van der Waals surface area (Å²) in [6.45, 7) is 0. The smallest absolute Gasteiger partial charge is 0.237 e. The van der Waals surface area contributed by atoms with Crippen LogP contribution in [-0.2, 0) is 7.05 Å². The maximum atomic E-state index is 5.21. The molecular weight excluding hydrogens is 180 g/mol. The lowest BCUT2D eigenvalue weighted by molar-refractivity contribution is 0.773. The van der Waals surface area contributed by atoms with E-state index < -0.39 is 0 Å². The van der Waals surface area contributed by atoms with Crippen molar-refractivity contribution in [1.82, 2.24) is 19.7 Å². The molecule has 0 aliphatic rings. The van der Waals surface area contributed by atoms with Gasteiger partial charge in [-0.2, -0.15) is 5.10 Å². The molecule has 14 heavy (non-hydrogen) atoms. The highest BCUT2D eigenvalue weighted by atomic mass is 15.3. The zero-order valence-electron chi connectivity index (χ0n) is 7.68. The summed E-state index contributed by atoms with van der Waals surface area (Å²) >= 11 is 0. The Bertz CT molecular complexity index is 435. The highest BCUT2D eigenvalue weighted by Crippen LogP contribution is 2.15. The highest BCUT2D eigenvalue weighted by molar-refractivity contribution is 5.55. The summed E-state index contributed by atoms with van der Waals surface area (Å²) in [6.07, 6.45) is 3.36. The van der Waals surface area contributed by atoms with Gasteiger partial charge in [0, 0.05) is 19.4 Å². The Kier molecular flexibility index (Phi) is 2.11. The van der Waals surface area contributed by atoms with Crippen LogP contribution in [-0.4, -0.2) is 19.7 Å². The Hall–Kier alpha value is -1.95. The average Bonchev–Trinajstić information content (AvgIpc) is 2.65. The van der Waals surface area contributed by atoms with E-state index in [1.807, 2.05) is 13.1 Å². The third-order valence-corrected chi connectivity index (χ3v) is 1.87. The molecule has 0 atom stereocenters. The van der Waals surface area contributed by atoms with Crippen LogP contribution < -0.4 is 11.3 Å². The molecular formula is C8H10N6. The molecule has 6 heteroatoms. The molecule has 0 aliphatic heterocycles. The van der Waals surface area contributed by atoms with Gasteiger partial charge in [0.25, 0.3) is 0 Å². The van der Waals surface area contributed by atoms with Gasteiger partial charge in [-0.25, -0.2) is 15.8 Å². The minimum Gasteiger partial charge on any atom is -0.292 e. The SMILES string of the molecule is Cn1nccc1-c1ccnc(NN)n1. The molecule has 2 heterocycles. The van der Waals surface area contributed by atoms with E-state index in [0.29, 0.717) is 5.95 Å². The van der Waals surface area contributed by atoms with Gasteiger partial charge in [0.15, 0.2) is 0 Å². The Morgan fingerprint density at radius 3 is 2.86 bits per heavy atom. The number of aromatic nitrogens is 4. The van der Waals surface area contributed by atoms with Gasteiger partial charge in [-0.15, -0.1) is 0 Å². The molecule has 72 valence electrons. The van der Waals surface area contributed by atoms with Gasteiger partial charge in [-0.05, 0) is 12.1 Å². The van der Waals surface area contributed by atoms with Crippen molar-refractivity contribution in [3.63, 3.8) is 0 Å². The molecule has 0 amide bonds. The highest BCUT2D eigenvalue weighted by Gasteiger charge is 2.04. The lowest BCUT2D eigenvalue weighted by atomic mass is 10.3. The molecule has 0 aromatic carbocycles. The quantitative estimate of drug-likeness (QED) is 0.521. The summed E-state index contributed by atoms with van der Waals surface area (Å²) in [5.41, 5.74) is 4.10. The summed E-state index contributed by atoms with van der Waals surface area (Å²) in [4.78, 5) is 8.11. The lowest BCUT2D eigenvalue weighted by Gasteiger charge is -2.02. The van der Waals surface area contributed by atoms with E-state index in [1.54, 1.807) is 23.1 Å². The molecule has 0 bridgehead atoms. The van der Waals surface area contributed by atoms with Crippen molar-refractivity contribution in [3.05, 3.63) is 24.5 Å². The lowest BCUT2D eigenvalue weighted by Crippen LogP contribution is -2.10. The fraction of sp³-hybridized carbons (Fsp3) is 0.125. The molecule has 0 radical (unpaired) electrons. The van der Waals surface area contributed by atoms with Gasteiger partial charge in [0.05, 0.1) is 11.4 Å². The van der Waals surface area contributed by atoms with Gasteiger partial charge in [0.2, 0.25) is 5.95 Å². The zero-order valence-corrected chi connectivity index (χ0v) is 7.68. The van der Waals surface area contributed by atoms with Crippen LogP contribution in [0.5, 0.6) is 0 Å². The van der Waals surface area contributed by atoms with E-state index in [0.717, 1.165) is 11.4 Å². The van der Waals surface area contributed by atoms with Gasteiger partial charge in [0.1, 0.15) is 0 Å². The normalized spacial score (nSPS) is 10.1. The molecule has 0 saturated carbocycles. The Balaban J connectivity index is 2.47. The first-order valence-corrected chi connectivity index (χ1v) is 4.09. The summed E-state index contributed by atoms with van der Waals surface area (Å²) < 4.78 is 1.74. The first kappa shape index (κ1) is 8.64. The molecule has 6 nitrogen and oxygen atoms in total. The average molecular weight is 190 g/mol. The second-order valence-electron chi connectivity index (χ2n) is 2.75. The molecule has 3 N–H and O–H groups in total. The van der Waals surface area contributed by atoms with Crippen LogP contribution in [0.15, 0.2) is 24.5 Å². The van der Waals surface area contributed by atoms with Crippen molar-refractivity contribution in [2.24, 2.45) is 12.9 Å². The van der Waals surface area contributed by atoms with Gasteiger partial charge in [-0.1, -0.05) is 0 Å². The molecule has 0 unspecified atom stereocenters. The van der Waals surface area contributed by atoms with Crippen molar-refractivity contribution in [1.29, 1.82) is 0 Å². The van der Waals surface area contributed by atoms with Crippen molar-refractivity contribution in [3.8, 4) is 11.4 Å². The number of nitrogens with two attached hydrogens (primary N) is 1. The maximum absolute atomic E-state index is 5.21. The number of nitrogens with one attached hydrogen (secondary N) is 1. The monoisotopic (exact) mass is 190 g/mol. The van der Waals surface area contributed by atoms with Crippen LogP contribution in [0.3, 0.4) is 0 Å². The van der Waals surface area contributed by atoms with Crippen LogP contribution >= 0.6 is 0 Å². The third kappa shape index (κ3) is 1.42. The number of rotatable bonds is 2. The number of anilines is 1. The summed E-state index contributed by atoms with van der Waals surface area (Å²) in [6, 6.07) is 3.68. The molecule has 0 fully saturated rings. The largest absolute Gasteiger partial charge is 0.292 e. The molecule has 0 saturated heterocycles. The van der Waals surface area contributed by atoms with Crippen molar-refractivity contribution >= 4 is 5.95 Å². The minimum atomic E-state index is 0.392. The fourth-order valence-corrected chi connectivity index (χ4v) is 1.20. The fourth-order valence-electron chi connectivity index (χ4n) is 1.20. The summed E-state index contributed by atoms with van der Waals surface area (Å²) in [7, 11) is 1.85. The number of nitrogen functional groups attached to an aromatic ring is 1. The number of aryl methyl sites for hydroxylation is 1. The molecule has 2 aromatic heterocycles. The predicted octanol–water partition coefficient (Wildman–Crippen LogP) is 0.163. The van der Waals surface area contributed by atoms with Crippen LogP contribution in [0.4, 0.5) is 5.95 Å².